The molecule has 0 spiro atoms. The molecule has 0 bridgehead atoms. The zero-order valence-electron chi connectivity index (χ0n) is 21.9. The number of ether oxygens (including phenoxy) is 2. The van der Waals surface area contributed by atoms with E-state index >= 15 is 0 Å². The van der Waals surface area contributed by atoms with Gasteiger partial charge in [-0.15, -0.1) is 11.3 Å². The fourth-order valence-electron chi connectivity index (χ4n) is 4.33. The molecule has 1 amide bonds. The first-order valence-corrected chi connectivity index (χ1v) is 13.1. The second-order valence-electron chi connectivity index (χ2n) is 9.32. The van der Waals surface area contributed by atoms with Gasteiger partial charge in [-0.3, -0.25) is 4.79 Å². The molecular formula is C28H30N6O3S. The summed E-state index contributed by atoms with van der Waals surface area (Å²) >= 11 is 1.63. The Morgan fingerprint density at radius 3 is 2.82 bits per heavy atom. The summed E-state index contributed by atoms with van der Waals surface area (Å²) in [6.07, 6.45) is 7.57. The molecule has 1 aliphatic rings. The van der Waals surface area contributed by atoms with Crippen molar-refractivity contribution in [1.29, 1.82) is 0 Å². The summed E-state index contributed by atoms with van der Waals surface area (Å²) in [5, 5.41) is 4.51. The van der Waals surface area contributed by atoms with Crippen LogP contribution in [-0.2, 0) is 17.8 Å². The van der Waals surface area contributed by atoms with Crippen LogP contribution in [0.25, 0.3) is 10.2 Å². The number of benzene rings is 1. The maximum atomic E-state index is 12.7. The van der Waals surface area contributed by atoms with Crippen molar-refractivity contribution in [2.45, 2.75) is 19.9 Å². The maximum absolute atomic E-state index is 12.7. The SMILES string of the molecule is COc1ccc(Oc2ccc(Nc3ncnc4sc5c(c34)CCN(C(=O)/C=C/CN(C)C)C5)cc2C)cn1. The minimum absolute atomic E-state index is 0.0441. The molecule has 196 valence electrons. The van der Waals surface area contributed by atoms with Gasteiger partial charge in [-0.1, -0.05) is 6.08 Å². The summed E-state index contributed by atoms with van der Waals surface area (Å²) in [6.45, 7) is 4.00. The molecule has 0 saturated carbocycles. The van der Waals surface area contributed by atoms with Gasteiger partial charge in [0.15, 0.2) is 0 Å². The number of fused-ring (bicyclic) bond motifs is 3. The van der Waals surface area contributed by atoms with Gasteiger partial charge in [0, 0.05) is 35.8 Å². The molecule has 9 nitrogen and oxygen atoms in total. The number of methoxy groups -OCH3 is 1. The third-order valence-electron chi connectivity index (χ3n) is 6.26. The van der Waals surface area contributed by atoms with Gasteiger partial charge in [0.25, 0.3) is 0 Å². The average molecular weight is 531 g/mol. The Kier molecular flexibility index (Phi) is 7.52. The number of thiophene rings is 1. The number of likely N-dealkylation sites (N-methyl/N-ethyl adjacent to an activating group) is 1. The second kappa shape index (κ2) is 11.2. The topological polar surface area (TPSA) is 92.7 Å². The van der Waals surface area contributed by atoms with E-state index in [2.05, 4.69) is 20.3 Å². The summed E-state index contributed by atoms with van der Waals surface area (Å²) in [7, 11) is 5.54. The number of aryl methyl sites for hydroxylation is 1. The molecule has 4 heterocycles. The van der Waals surface area contributed by atoms with Gasteiger partial charge < -0.3 is 24.6 Å². The molecule has 1 N–H and O–H groups in total. The monoisotopic (exact) mass is 530 g/mol. The maximum Gasteiger partial charge on any atom is 0.246 e. The van der Waals surface area contributed by atoms with Gasteiger partial charge in [-0.05, 0) is 62.8 Å². The molecule has 3 aromatic heterocycles. The van der Waals surface area contributed by atoms with Gasteiger partial charge in [-0.25, -0.2) is 15.0 Å². The van der Waals surface area contributed by atoms with Crippen LogP contribution in [0, 0.1) is 6.92 Å². The highest BCUT2D eigenvalue weighted by molar-refractivity contribution is 7.19. The molecule has 0 unspecified atom stereocenters. The number of hydrogen-bond donors (Lipinski definition) is 1. The van der Waals surface area contributed by atoms with Crippen LogP contribution < -0.4 is 14.8 Å². The highest BCUT2D eigenvalue weighted by Gasteiger charge is 2.25. The number of pyridine rings is 1. The van der Waals surface area contributed by atoms with Crippen LogP contribution in [0.3, 0.4) is 0 Å². The zero-order chi connectivity index (χ0) is 26.6. The predicted molar refractivity (Wildman–Crippen MR) is 150 cm³/mol. The third-order valence-corrected chi connectivity index (χ3v) is 7.39. The van der Waals surface area contributed by atoms with Crippen LogP contribution in [0.5, 0.6) is 17.4 Å². The quantitative estimate of drug-likeness (QED) is 0.320. The first-order valence-electron chi connectivity index (χ1n) is 12.3. The number of amides is 1. The Hall–Kier alpha value is -4.02. The van der Waals surface area contributed by atoms with Crippen molar-refractivity contribution in [3.8, 4) is 17.4 Å². The number of aromatic nitrogens is 3. The molecule has 0 saturated heterocycles. The highest BCUT2D eigenvalue weighted by atomic mass is 32.1. The van der Waals surface area contributed by atoms with Gasteiger partial charge in [-0.2, -0.15) is 0 Å². The predicted octanol–water partition coefficient (Wildman–Crippen LogP) is 4.94. The fraction of sp³-hybridized carbons (Fsp3) is 0.286. The highest BCUT2D eigenvalue weighted by Crippen LogP contribution is 2.38. The van der Waals surface area contributed by atoms with Crippen LogP contribution in [0.2, 0.25) is 0 Å². The number of carbonyl (C=O) groups is 1. The Labute approximate surface area is 225 Å². The standard InChI is InChI=1S/C28H30N6O3S/c1-18-14-19(7-9-22(18)37-20-8-10-24(36-4)29-15-20)32-27-26-21-11-13-34(25(35)6-5-12-33(2)3)16-23(21)38-28(26)31-17-30-27/h5-10,14-15,17H,11-13,16H2,1-4H3,(H,30,31,32)/b6-5+. The van der Waals surface area contributed by atoms with Crippen molar-refractivity contribution in [1.82, 2.24) is 24.8 Å². The minimum atomic E-state index is 0.0441. The lowest BCUT2D eigenvalue weighted by Crippen LogP contribution is -2.34. The van der Waals surface area contributed by atoms with Crippen molar-refractivity contribution in [2.24, 2.45) is 0 Å². The molecule has 0 fully saturated rings. The summed E-state index contributed by atoms with van der Waals surface area (Å²) < 4.78 is 11.1. The molecular weight excluding hydrogens is 500 g/mol. The Balaban J connectivity index is 1.33. The van der Waals surface area contributed by atoms with E-state index in [0.717, 1.165) is 50.9 Å². The van der Waals surface area contributed by atoms with Crippen LogP contribution in [0.1, 0.15) is 16.0 Å². The van der Waals surface area contributed by atoms with E-state index in [1.165, 1.54) is 5.56 Å². The number of carbonyl (C=O) groups excluding carboxylic acids is 1. The summed E-state index contributed by atoms with van der Waals surface area (Å²) in [5.74, 6) is 2.73. The van der Waals surface area contributed by atoms with E-state index in [0.29, 0.717) is 24.7 Å². The van der Waals surface area contributed by atoms with Crippen molar-refractivity contribution in [3.05, 3.63) is 71.0 Å². The van der Waals surface area contributed by atoms with Gasteiger partial charge in [0.2, 0.25) is 11.8 Å². The van der Waals surface area contributed by atoms with Crippen LogP contribution >= 0.6 is 11.3 Å². The molecule has 0 atom stereocenters. The molecule has 0 radical (unpaired) electrons. The van der Waals surface area contributed by atoms with Crippen molar-refractivity contribution < 1.29 is 14.3 Å². The summed E-state index contributed by atoms with van der Waals surface area (Å²) in [4.78, 5) is 32.0. The minimum Gasteiger partial charge on any atom is -0.481 e. The zero-order valence-corrected chi connectivity index (χ0v) is 22.7. The molecule has 1 aromatic carbocycles. The lowest BCUT2D eigenvalue weighted by Gasteiger charge is -2.26. The van der Waals surface area contributed by atoms with Crippen LogP contribution in [-0.4, -0.2) is 65.0 Å². The van der Waals surface area contributed by atoms with Gasteiger partial charge >= 0.3 is 0 Å². The molecule has 38 heavy (non-hydrogen) atoms. The summed E-state index contributed by atoms with van der Waals surface area (Å²) in [6, 6.07) is 9.51. The second-order valence-corrected chi connectivity index (χ2v) is 10.4. The van der Waals surface area contributed by atoms with Crippen molar-refractivity contribution in [3.63, 3.8) is 0 Å². The number of anilines is 2. The van der Waals surface area contributed by atoms with Gasteiger partial charge in [0.1, 0.15) is 28.5 Å². The van der Waals surface area contributed by atoms with Crippen molar-refractivity contribution in [2.75, 3.05) is 39.6 Å². The Morgan fingerprint density at radius 1 is 1.21 bits per heavy atom. The van der Waals surface area contributed by atoms with E-state index in [9.17, 15) is 4.79 Å². The van der Waals surface area contributed by atoms with E-state index < -0.39 is 0 Å². The molecule has 10 heteroatoms. The number of nitrogens with zero attached hydrogens (tertiary/aromatic N) is 5. The normalized spacial score (nSPS) is 13.2. The molecule has 5 rings (SSSR count). The lowest BCUT2D eigenvalue weighted by molar-refractivity contribution is -0.126. The van der Waals surface area contributed by atoms with E-state index in [-0.39, 0.29) is 5.91 Å². The first kappa shape index (κ1) is 25.6. The third kappa shape index (κ3) is 5.61. The van der Waals surface area contributed by atoms with Crippen LogP contribution in [0.4, 0.5) is 11.5 Å². The summed E-state index contributed by atoms with van der Waals surface area (Å²) in [5.41, 5.74) is 3.10. The average Bonchev–Trinajstić information content (AvgIpc) is 3.29. The number of nitrogens with one attached hydrogen (secondary N) is 1. The van der Waals surface area contributed by atoms with Crippen LogP contribution in [0.15, 0.2) is 55.0 Å². The van der Waals surface area contributed by atoms with Gasteiger partial charge in [0.05, 0.1) is 25.2 Å². The lowest BCUT2D eigenvalue weighted by atomic mass is 10.0. The Morgan fingerprint density at radius 2 is 2.08 bits per heavy atom. The number of hydrogen-bond acceptors (Lipinski definition) is 9. The first-order chi connectivity index (χ1) is 18.4. The Bertz CT molecular complexity index is 1480. The number of rotatable bonds is 8. The largest absolute Gasteiger partial charge is 0.481 e. The van der Waals surface area contributed by atoms with E-state index in [1.54, 1.807) is 43.1 Å². The molecule has 0 aliphatic carbocycles. The fourth-order valence-corrected chi connectivity index (χ4v) is 5.54. The molecule has 1 aliphatic heterocycles. The van der Waals surface area contributed by atoms with E-state index in [4.69, 9.17) is 9.47 Å². The smallest absolute Gasteiger partial charge is 0.246 e. The molecule has 4 aromatic rings. The van der Waals surface area contributed by atoms with E-state index in [1.807, 2.05) is 61.2 Å². The van der Waals surface area contributed by atoms with Crippen molar-refractivity contribution >= 4 is 39.0 Å².